The van der Waals surface area contributed by atoms with Gasteiger partial charge in [0, 0.05) is 11.3 Å². The second kappa shape index (κ2) is 2.69. The van der Waals surface area contributed by atoms with Gasteiger partial charge in [0.05, 0.1) is 5.71 Å². The van der Waals surface area contributed by atoms with Crippen LogP contribution >= 0.6 is 0 Å². The highest BCUT2D eigenvalue weighted by Gasteiger charge is 2.67. The largest absolute Gasteiger partial charge is 0.454 e. The van der Waals surface area contributed by atoms with Gasteiger partial charge in [0.25, 0.3) is 0 Å². The molecule has 3 heteroatoms. The van der Waals surface area contributed by atoms with E-state index in [2.05, 4.69) is 25.8 Å². The smallest absolute Gasteiger partial charge is 0.331 e. The van der Waals surface area contributed by atoms with Gasteiger partial charge in [-0.25, -0.2) is 4.79 Å². The van der Waals surface area contributed by atoms with E-state index in [-0.39, 0.29) is 28.9 Å². The highest BCUT2D eigenvalue weighted by molar-refractivity contribution is 6.02. The highest BCUT2D eigenvalue weighted by Crippen LogP contribution is 2.65. The first-order valence-corrected chi connectivity index (χ1v) is 6.16. The Morgan fingerprint density at radius 3 is 2.75 bits per heavy atom. The van der Waals surface area contributed by atoms with Crippen molar-refractivity contribution in [2.24, 2.45) is 21.7 Å². The van der Waals surface area contributed by atoms with Crippen molar-refractivity contribution in [3.8, 4) is 0 Å². The Kier molecular flexibility index (Phi) is 1.73. The molecule has 0 aromatic carbocycles. The maximum atomic E-state index is 11.6. The maximum Gasteiger partial charge on any atom is 0.331 e. The molecule has 0 spiro atoms. The van der Waals surface area contributed by atoms with Crippen LogP contribution in [0.2, 0.25) is 0 Å². The lowest BCUT2D eigenvalue weighted by Crippen LogP contribution is -2.43. The summed E-state index contributed by atoms with van der Waals surface area (Å²) >= 11 is 0. The number of ether oxygens (including phenoxy) is 1. The third-order valence-electron chi connectivity index (χ3n) is 5.42. The lowest BCUT2D eigenvalue weighted by atomic mass is 9.70. The van der Waals surface area contributed by atoms with Gasteiger partial charge in [0.2, 0.25) is 0 Å². The summed E-state index contributed by atoms with van der Waals surface area (Å²) in [5.74, 6) is 0.313. The van der Waals surface area contributed by atoms with Gasteiger partial charge in [-0.3, -0.25) is 4.99 Å². The molecular formula is C13H19NO2. The molecule has 0 saturated heterocycles. The Morgan fingerprint density at radius 1 is 1.38 bits per heavy atom. The van der Waals surface area contributed by atoms with Crippen molar-refractivity contribution < 1.29 is 9.53 Å². The zero-order valence-electron chi connectivity index (χ0n) is 10.4. The van der Waals surface area contributed by atoms with Crippen molar-refractivity contribution in [2.45, 2.75) is 52.7 Å². The van der Waals surface area contributed by atoms with Gasteiger partial charge in [-0.2, -0.15) is 0 Å². The van der Waals surface area contributed by atoms with Gasteiger partial charge in [0.15, 0.2) is 0 Å². The molecule has 2 aliphatic carbocycles. The molecule has 0 N–H and O–H groups in total. The number of nitrogens with zero attached hydrogens (tertiary/aromatic N) is 1. The van der Waals surface area contributed by atoms with Crippen LogP contribution in [0.25, 0.3) is 0 Å². The monoisotopic (exact) mass is 221 g/mol. The molecule has 0 aromatic rings. The SMILES string of the molecule is C[C@H]1N=C2[C@H](OC1=O)[C@H]1CC[C@]2(C)C1(C)C. The standard InChI is InChI=1S/C13H19NO2/c1-7-11(15)16-9-8-5-6-13(4,10(9)14-7)12(8,2)3/h7-9H,5-6H2,1-4H3/t7-,8-,9-,13+/m1/s1. The van der Waals surface area contributed by atoms with Crippen LogP contribution in [0.3, 0.4) is 0 Å². The zero-order chi connectivity index (χ0) is 11.7. The Bertz CT molecular complexity index is 399. The summed E-state index contributed by atoms with van der Waals surface area (Å²) < 4.78 is 5.59. The molecule has 3 rings (SSSR count). The van der Waals surface area contributed by atoms with E-state index in [0.29, 0.717) is 5.92 Å². The minimum absolute atomic E-state index is 0.0301. The summed E-state index contributed by atoms with van der Waals surface area (Å²) in [6, 6.07) is -0.307. The fraction of sp³-hybridized carbons (Fsp3) is 0.846. The molecule has 88 valence electrons. The van der Waals surface area contributed by atoms with Crippen LogP contribution in [0.1, 0.15) is 40.5 Å². The summed E-state index contributed by atoms with van der Waals surface area (Å²) in [5.41, 5.74) is 1.50. The molecular weight excluding hydrogens is 202 g/mol. The molecule has 2 fully saturated rings. The van der Waals surface area contributed by atoms with E-state index in [9.17, 15) is 4.79 Å². The van der Waals surface area contributed by atoms with Crippen LogP contribution < -0.4 is 0 Å². The Labute approximate surface area is 96.3 Å². The topological polar surface area (TPSA) is 38.7 Å². The van der Waals surface area contributed by atoms with Crippen LogP contribution in [0, 0.1) is 16.7 Å². The zero-order valence-corrected chi connectivity index (χ0v) is 10.4. The highest BCUT2D eigenvalue weighted by atomic mass is 16.5. The number of hydrogen-bond acceptors (Lipinski definition) is 3. The number of carbonyl (C=O) groups excluding carboxylic acids is 1. The molecule has 16 heavy (non-hydrogen) atoms. The maximum absolute atomic E-state index is 11.6. The van der Waals surface area contributed by atoms with E-state index in [1.54, 1.807) is 0 Å². The predicted molar refractivity (Wildman–Crippen MR) is 61.4 cm³/mol. The molecule has 0 radical (unpaired) electrons. The molecule has 0 amide bonds. The summed E-state index contributed by atoms with van der Waals surface area (Å²) in [7, 11) is 0. The third kappa shape index (κ3) is 0.910. The summed E-state index contributed by atoms with van der Waals surface area (Å²) in [5, 5.41) is 0. The average Bonchev–Trinajstić information content (AvgIpc) is 2.50. The molecule has 2 bridgehead atoms. The third-order valence-corrected chi connectivity index (χ3v) is 5.42. The van der Waals surface area contributed by atoms with Crippen molar-refractivity contribution in [1.29, 1.82) is 0 Å². The number of esters is 1. The van der Waals surface area contributed by atoms with Crippen molar-refractivity contribution in [2.75, 3.05) is 0 Å². The number of hydrogen-bond donors (Lipinski definition) is 0. The van der Waals surface area contributed by atoms with Gasteiger partial charge in [-0.05, 0) is 25.2 Å². The van der Waals surface area contributed by atoms with Gasteiger partial charge in [0.1, 0.15) is 12.1 Å². The first kappa shape index (κ1) is 10.3. The quantitative estimate of drug-likeness (QED) is 0.588. The lowest BCUT2D eigenvalue weighted by molar-refractivity contribution is -0.150. The van der Waals surface area contributed by atoms with Crippen LogP contribution in [-0.2, 0) is 9.53 Å². The normalized spacial score (nSPS) is 48.6. The van der Waals surface area contributed by atoms with E-state index in [1.807, 2.05) is 6.92 Å². The predicted octanol–water partition coefficient (Wildman–Crippen LogP) is 2.20. The summed E-state index contributed by atoms with van der Waals surface area (Å²) in [4.78, 5) is 16.2. The summed E-state index contributed by atoms with van der Waals surface area (Å²) in [6.07, 6.45) is 2.32. The molecule has 4 atom stereocenters. The van der Waals surface area contributed by atoms with Crippen molar-refractivity contribution >= 4 is 11.7 Å². The van der Waals surface area contributed by atoms with Crippen LogP contribution in [0.15, 0.2) is 4.99 Å². The first-order valence-electron chi connectivity index (χ1n) is 6.16. The number of aliphatic imine (C=N–C) groups is 1. The molecule has 0 unspecified atom stereocenters. The van der Waals surface area contributed by atoms with Crippen molar-refractivity contribution in [3.63, 3.8) is 0 Å². The van der Waals surface area contributed by atoms with E-state index in [0.717, 1.165) is 12.1 Å². The minimum Gasteiger partial charge on any atom is -0.454 e. The summed E-state index contributed by atoms with van der Waals surface area (Å²) in [6.45, 7) is 8.71. The molecule has 1 aliphatic heterocycles. The fourth-order valence-corrected chi connectivity index (χ4v) is 3.87. The molecule has 0 aromatic heterocycles. The van der Waals surface area contributed by atoms with Crippen LogP contribution in [0.5, 0.6) is 0 Å². The second-order valence-electron chi connectivity index (χ2n) is 6.25. The van der Waals surface area contributed by atoms with Gasteiger partial charge in [-0.15, -0.1) is 0 Å². The van der Waals surface area contributed by atoms with E-state index >= 15 is 0 Å². The Hall–Kier alpha value is -0.860. The molecule has 3 nitrogen and oxygen atoms in total. The number of rotatable bonds is 0. The van der Waals surface area contributed by atoms with Crippen LogP contribution in [0.4, 0.5) is 0 Å². The van der Waals surface area contributed by atoms with Gasteiger partial charge < -0.3 is 4.74 Å². The van der Waals surface area contributed by atoms with E-state index < -0.39 is 0 Å². The Morgan fingerprint density at radius 2 is 2.06 bits per heavy atom. The van der Waals surface area contributed by atoms with Crippen molar-refractivity contribution in [3.05, 3.63) is 0 Å². The second-order valence-corrected chi connectivity index (χ2v) is 6.25. The number of fused-ring (bicyclic) bond motifs is 5. The molecule has 1 heterocycles. The fourth-order valence-electron chi connectivity index (χ4n) is 3.87. The molecule has 3 aliphatic rings. The van der Waals surface area contributed by atoms with Crippen LogP contribution in [-0.4, -0.2) is 23.8 Å². The average molecular weight is 221 g/mol. The number of carbonyl (C=O) groups is 1. The first-order chi connectivity index (χ1) is 7.38. The minimum atomic E-state index is -0.307. The van der Waals surface area contributed by atoms with Crippen molar-refractivity contribution in [1.82, 2.24) is 0 Å². The Balaban J connectivity index is 2.13. The van der Waals surface area contributed by atoms with Gasteiger partial charge in [-0.1, -0.05) is 20.8 Å². The van der Waals surface area contributed by atoms with E-state index in [4.69, 9.17) is 4.74 Å². The van der Waals surface area contributed by atoms with E-state index in [1.165, 1.54) is 6.42 Å². The lowest BCUT2D eigenvalue weighted by Gasteiger charge is -2.35. The van der Waals surface area contributed by atoms with Gasteiger partial charge >= 0.3 is 5.97 Å². The molecule has 2 saturated carbocycles.